The summed E-state index contributed by atoms with van der Waals surface area (Å²) in [7, 11) is -7.42. The first-order valence-electron chi connectivity index (χ1n) is 11.0. The number of rotatable bonds is 8. The van der Waals surface area contributed by atoms with E-state index in [2.05, 4.69) is 10.0 Å². The number of carbonyl (C=O) groups is 1. The van der Waals surface area contributed by atoms with Crippen LogP contribution in [0.2, 0.25) is 0 Å². The molecule has 3 rings (SSSR count). The van der Waals surface area contributed by atoms with Crippen LogP contribution in [-0.2, 0) is 24.8 Å². The maximum absolute atomic E-state index is 13.2. The number of nitrogens with zero attached hydrogens (tertiary/aromatic N) is 1. The van der Waals surface area contributed by atoms with Crippen LogP contribution >= 0.6 is 0 Å². The van der Waals surface area contributed by atoms with Crippen molar-refractivity contribution in [1.29, 1.82) is 0 Å². The molecule has 1 aliphatic heterocycles. The lowest BCUT2D eigenvalue weighted by Crippen LogP contribution is -2.45. The minimum absolute atomic E-state index is 0.125. The lowest BCUT2D eigenvalue weighted by atomic mass is 10.0. The van der Waals surface area contributed by atoms with E-state index in [1.807, 2.05) is 6.92 Å². The monoisotopic (exact) mass is 493 g/mol. The average molecular weight is 494 g/mol. The molecule has 1 unspecified atom stereocenters. The van der Waals surface area contributed by atoms with Gasteiger partial charge in [-0.1, -0.05) is 24.1 Å². The molecule has 2 aromatic carbocycles. The van der Waals surface area contributed by atoms with Crippen LogP contribution in [0, 0.1) is 13.8 Å². The highest BCUT2D eigenvalue weighted by atomic mass is 32.2. The van der Waals surface area contributed by atoms with E-state index in [9.17, 15) is 21.6 Å². The highest BCUT2D eigenvalue weighted by molar-refractivity contribution is 7.89. The van der Waals surface area contributed by atoms with Gasteiger partial charge in [-0.3, -0.25) is 4.79 Å². The van der Waals surface area contributed by atoms with Gasteiger partial charge in [0.15, 0.2) is 0 Å². The number of hydrogen-bond acceptors (Lipinski definition) is 5. The van der Waals surface area contributed by atoms with Gasteiger partial charge in [0, 0.05) is 31.7 Å². The van der Waals surface area contributed by atoms with Gasteiger partial charge in [-0.15, -0.1) is 0 Å². The van der Waals surface area contributed by atoms with Crippen LogP contribution in [0.5, 0.6) is 0 Å². The number of hydrogen-bond donors (Lipinski definition) is 2. The summed E-state index contributed by atoms with van der Waals surface area (Å²) in [5.74, 6) is -0.235. The quantitative estimate of drug-likeness (QED) is 0.587. The Morgan fingerprint density at radius 1 is 1.03 bits per heavy atom. The first-order chi connectivity index (χ1) is 15.5. The van der Waals surface area contributed by atoms with Crippen molar-refractivity contribution in [2.75, 3.05) is 18.4 Å². The zero-order valence-corrected chi connectivity index (χ0v) is 20.8. The summed E-state index contributed by atoms with van der Waals surface area (Å²) in [4.78, 5) is 11.6. The van der Waals surface area contributed by atoms with Gasteiger partial charge in [0.25, 0.3) is 0 Å². The second kappa shape index (κ2) is 10.3. The predicted octanol–water partition coefficient (Wildman–Crippen LogP) is 3.17. The van der Waals surface area contributed by atoms with Crippen molar-refractivity contribution in [2.24, 2.45) is 0 Å². The lowest BCUT2D eigenvalue weighted by Gasteiger charge is -2.34. The molecule has 0 radical (unpaired) electrons. The van der Waals surface area contributed by atoms with Crippen molar-refractivity contribution < 1.29 is 21.6 Å². The van der Waals surface area contributed by atoms with Crippen LogP contribution in [-0.4, -0.2) is 46.2 Å². The largest absolute Gasteiger partial charge is 0.326 e. The van der Waals surface area contributed by atoms with E-state index in [0.717, 1.165) is 18.4 Å². The zero-order chi connectivity index (χ0) is 24.2. The molecule has 33 heavy (non-hydrogen) atoms. The molecule has 180 valence electrons. The van der Waals surface area contributed by atoms with Crippen LogP contribution in [0.3, 0.4) is 0 Å². The molecule has 0 aliphatic carbocycles. The Labute approximate surface area is 196 Å². The molecule has 1 atom stereocenters. The Bertz CT molecular complexity index is 1210. The molecule has 0 spiro atoms. The van der Waals surface area contributed by atoms with Gasteiger partial charge in [0.05, 0.1) is 9.79 Å². The standard InChI is InChI=1S/C23H31N3O5S2/c1-17-7-10-22(11-8-17)33(30,31)26-15-5-4-6-21(26)13-14-24-32(28,29)23-12-9-20(16-18(23)2)25-19(3)27/h7-12,16,21,24H,4-6,13-15H2,1-3H3,(H,25,27). The van der Waals surface area contributed by atoms with Crippen molar-refractivity contribution in [3.63, 3.8) is 0 Å². The third kappa shape index (κ3) is 6.20. The Morgan fingerprint density at radius 2 is 1.73 bits per heavy atom. The van der Waals surface area contributed by atoms with Gasteiger partial charge >= 0.3 is 0 Å². The highest BCUT2D eigenvalue weighted by Gasteiger charge is 2.33. The van der Waals surface area contributed by atoms with Crippen molar-refractivity contribution in [3.05, 3.63) is 53.6 Å². The fraction of sp³-hybridized carbons (Fsp3) is 0.435. The van der Waals surface area contributed by atoms with E-state index in [-0.39, 0.29) is 28.3 Å². The van der Waals surface area contributed by atoms with Crippen LogP contribution in [0.4, 0.5) is 5.69 Å². The Hall–Kier alpha value is -2.27. The molecule has 0 aromatic heterocycles. The molecular formula is C23H31N3O5S2. The van der Waals surface area contributed by atoms with Crippen LogP contribution in [0.15, 0.2) is 52.3 Å². The fourth-order valence-electron chi connectivity index (χ4n) is 4.09. The van der Waals surface area contributed by atoms with Crippen molar-refractivity contribution >= 4 is 31.6 Å². The van der Waals surface area contributed by atoms with Gasteiger partial charge < -0.3 is 5.32 Å². The Balaban J connectivity index is 1.69. The molecule has 1 amide bonds. The third-order valence-corrected chi connectivity index (χ3v) is 9.34. The molecule has 0 saturated carbocycles. The number of piperidine rings is 1. The maximum Gasteiger partial charge on any atom is 0.243 e. The summed E-state index contributed by atoms with van der Waals surface area (Å²) in [6, 6.07) is 11.1. The third-order valence-electron chi connectivity index (χ3n) is 5.76. The number of benzene rings is 2. The smallest absolute Gasteiger partial charge is 0.243 e. The molecule has 8 nitrogen and oxygen atoms in total. The SMILES string of the molecule is CC(=O)Nc1ccc(S(=O)(=O)NCCC2CCCCN2S(=O)(=O)c2ccc(C)cc2)c(C)c1. The molecule has 10 heteroatoms. The van der Waals surface area contributed by atoms with Crippen molar-refractivity contribution in [1.82, 2.24) is 9.03 Å². The lowest BCUT2D eigenvalue weighted by molar-refractivity contribution is -0.114. The number of sulfonamides is 2. The summed E-state index contributed by atoms with van der Waals surface area (Å²) < 4.78 is 56.2. The highest BCUT2D eigenvalue weighted by Crippen LogP contribution is 2.27. The van der Waals surface area contributed by atoms with Gasteiger partial charge in [-0.2, -0.15) is 4.31 Å². The maximum atomic E-state index is 13.2. The second-order valence-electron chi connectivity index (χ2n) is 8.43. The van der Waals surface area contributed by atoms with Crippen LogP contribution < -0.4 is 10.0 Å². The number of carbonyl (C=O) groups excluding carboxylic acids is 1. The van der Waals surface area contributed by atoms with Gasteiger partial charge in [-0.05, 0) is 69.0 Å². The molecule has 0 bridgehead atoms. The van der Waals surface area contributed by atoms with Gasteiger partial charge in [-0.25, -0.2) is 21.6 Å². The van der Waals surface area contributed by atoms with Crippen molar-refractivity contribution in [2.45, 2.75) is 62.3 Å². The summed E-state index contributed by atoms with van der Waals surface area (Å²) in [6.07, 6.45) is 2.76. The summed E-state index contributed by atoms with van der Waals surface area (Å²) >= 11 is 0. The van der Waals surface area contributed by atoms with Crippen LogP contribution in [0.25, 0.3) is 0 Å². The average Bonchev–Trinajstić information content (AvgIpc) is 2.73. The number of aryl methyl sites for hydroxylation is 2. The van der Waals surface area contributed by atoms with Gasteiger partial charge in [0.2, 0.25) is 26.0 Å². The normalized spacial score (nSPS) is 17.6. The molecule has 1 saturated heterocycles. The minimum Gasteiger partial charge on any atom is -0.326 e. The zero-order valence-electron chi connectivity index (χ0n) is 19.2. The molecular weight excluding hydrogens is 462 g/mol. The first-order valence-corrected chi connectivity index (χ1v) is 13.9. The van der Waals surface area contributed by atoms with Crippen LogP contribution in [0.1, 0.15) is 43.7 Å². The topological polar surface area (TPSA) is 113 Å². The number of amides is 1. The molecule has 1 heterocycles. The molecule has 2 N–H and O–H groups in total. The second-order valence-corrected chi connectivity index (χ2v) is 12.1. The Morgan fingerprint density at radius 3 is 2.36 bits per heavy atom. The van der Waals surface area contributed by atoms with E-state index < -0.39 is 20.0 Å². The van der Waals surface area contributed by atoms with Crippen molar-refractivity contribution in [3.8, 4) is 0 Å². The first kappa shape index (κ1) is 25.4. The van der Waals surface area contributed by atoms with E-state index in [0.29, 0.717) is 30.6 Å². The summed E-state index contributed by atoms with van der Waals surface area (Å²) in [6.45, 7) is 5.50. The van der Waals surface area contributed by atoms with E-state index in [1.54, 1.807) is 43.3 Å². The summed E-state index contributed by atoms with van der Waals surface area (Å²) in [5.41, 5.74) is 2.02. The van der Waals surface area contributed by atoms with E-state index in [1.165, 1.54) is 17.3 Å². The number of nitrogens with one attached hydrogen (secondary N) is 2. The fourth-order valence-corrected chi connectivity index (χ4v) is 7.09. The number of anilines is 1. The Kier molecular flexibility index (Phi) is 7.94. The summed E-state index contributed by atoms with van der Waals surface area (Å²) in [5, 5.41) is 2.63. The molecule has 1 aliphatic rings. The van der Waals surface area contributed by atoms with E-state index in [4.69, 9.17) is 0 Å². The van der Waals surface area contributed by atoms with E-state index >= 15 is 0 Å². The molecule has 1 fully saturated rings. The molecule has 2 aromatic rings. The minimum atomic E-state index is -3.78. The van der Waals surface area contributed by atoms with Gasteiger partial charge in [0.1, 0.15) is 0 Å². The predicted molar refractivity (Wildman–Crippen MR) is 128 cm³/mol.